The second-order valence-electron chi connectivity index (χ2n) is 9.61. The van der Waals surface area contributed by atoms with Crippen molar-refractivity contribution in [2.45, 2.75) is 57.5 Å². The summed E-state index contributed by atoms with van der Waals surface area (Å²) in [5.41, 5.74) is 4.02. The van der Waals surface area contributed by atoms with Gasteiger partial charge in [-0.3, -0.25) is 24.5 Å². The molecule has 0 aliphatic carbocycles. The Morgan fingerprint density at radius 2 is 1.83 bits per heavy atom. The normalized spacial score (nSPS) is 20.0. The van der Waals surface area contributed by atoms with E-state index in [9.17, 15) is 19.2 Å². The van der Waals surface area contributed by atoms with Crippen molar-refractivity contribution in [2.24, 2.45) is 0 Å². The van der Waals surface area contributed by atoms with Crippen LogP contribution < -0.4 is 10.2 Å². The van der Waals surface area contributed by atoms with Gasteiger partial charge in [0, 0.05) is 54.8 Å². The van der Waals surface area contributed by atoms with Crippen LogP contribution in [-0.4, -0.2) is 60.7 Å². The Kier molecular flexibility index (Phi) is 7.48. The van der Waals surface area contributed by atoms with Crippen molar-refractivity contribution in [1.82, 2.24) is 10.2 Å². The van der Waals surface area contributed by atoms with E-state index in [1.807, 2.05) is 5.38 Å². The second kappa shape index (κ2) is 10.9. The van der Waals surface area contributed by atoms with Crippen molar-refractivity contribution >= 4 is 40.5 Å². The summed E-state index contributed by atoms with van der Waals surface area (Å²) in [4.78, 5) is 54.0. The van der Waals surface area contributed by atoms with Crippen LogP contribution in [0.5, 0.6) is 0 Å². The van der Waals surface area contributed by atoms with Crippen LogP contribution in [0.1, 0.15) is 58.5 Å². The van der Waals surface area contributed by atoms with Crippen LogP contribution in [-0.2, 0) is 38.5 Å². The molecule has 9 heteroatoms. The molecule has 5 rings (SSSR count). The number of imide groups is 1. The maximum absolute atomic E-state index is 12.9. The quantitative estimate of drug-likeness (QED) is 0.523. The van der Waals surface area contributed by atoms with Gasteiger partial charge in [-0.1, -0.05) is 12.1 Å². The van der Waals surface area contributed by atoms with Crippen molar-refractivity contribution < 1.29 is 23.9 Å². The Morgan fingerprint density at radius 1 is 1.06 bits per heavy atom. The van der Waals surface area contributed by atoms with Gasteiger partial charge >= 0.3 is 0 Å². The molecule has 1 aromatic heterocycles. The number of amides is 3. The smallest absolute Gasteiger partial charge is 0.256 e. The first-order valence-corrected chi connectivity index (χ1v) is 13.5. The molecule has 0 bridgehead atoms. The standard InChI is InChI=1S/C27H31N3O5S/c31-20(3-1-2-18-4-6-19(7-5-18)29-12-14-35-15-13-29)8-10-24-21-16-30(27(34)22(21)17-36-24)23-9-11-25(32)28-26(23)33/h4-7,17,23H,1-3,8-16H2,(H,28,32,33). The number of nitrogens with one attached hydrogen (secondary N) is 1. The van der Waals surface area contributed by atoms with Gasteiger partial charge in [-0.2, -0.15) is 0 Å². The average molecular weight is 510 g/mol. The minimum Gasteiger partial charge on any atom is -0.378 e. The summed E-state index contributed by atoms with van der Waals surface area (Å²) in [5, 5.41) is 4.17. The number of hydrogen-bond acceptors (Lipinski definition) is 7. The summed E-state index contributed by atoms with van der Waals surface area (Å²) in [7, 11) is 0. The number of ether oxygens (including phenoxy) is 1. The fourth-order valence-electron chi connectivity index (χ4n) is 5.18. The predicted molar refractivity (Wildman–Crippen MR) is 136 cm³/mol. The van der Waals surface area contributed by atoms with Crippen LogP contribution in [0, 0.1) is 0 Å². The molecule has 36 heavy (non-hydrogen) atoms. The monoisotopic (exact) mass is 509 g/mol. The molecule has 1 unspecified atom stereocenters. The van der Waals surface area contributed by atoms with E-state index in [-0.39, 0.29) is 24.0 Å². The van der Waals surface area contributed by atoms with E-state index in [1.54, 1.807) is 4.90 Å². The van der Waals surface area contributed by atoms with Crippen molar-refractivity contribution in [1.29, 1.82) is 0 Å². The van der Waals surface area contributed by atoms with E-state index in [2.05, 4.69) is 34.5 Å². The number of aryl methyl sites for hydroxylation is 2. The van der Waals surface area contributed by atoms with Gasteiger partial charge < -0.3 is 14.5 Å². The lowest BCUT2D eigenvalue weighted by Gasteiger charge is -2.29. The fraction of sp³-hybridized carbons (Fsp3) is 0.481. The molecule has 3 aliphatic heterocycles. The highest BCUT2D eigenvalue weighted by Gasteiger charge is 2.40. The highest BCUT2D eigenvalue weighted by molar-refractivity contribution is 7.10. The predicted octanol–water partition coefficient (Wildman–Crippen LogP) is 2.87. The summed E-state index contributed by atoms with van der Waals surface area (Å²) in [6, 6.07) is 7.99. The van der Waals surface area contributed by atoms with E-state index >= 15 is 0 Å². The number of Topliss-reactive ketones (excluding diaryl/α,β-unsaturated/α-hetero) is 1. The van der Waals surface area contributed by atoms with Crippen molar-refractivity contribution in [3.63, 3.8) is 0 Å². The van der Waals surface area contributed by atoms with Gasteiger partial charge in [0.05, 0.1) is 18.8 Å². The lowest BCUT2D eigenvalue weighted by molar-refractivity contribution is -0.137. The third-order valence-electron chi connectivity index (χ3n) is 7.25. The number of carbonyl (C=O) groups excluding carboxylic acids is 4. The van der Waals surface area contributed by atoms with Crippen LogP contribution in [0.4, 0.5) is 5.69 Å². The molecule has 0 radical (unpaired) electrons. The molecule has 8 nitrogen and oxygen atoms in total. The number of ketones is 1. The Balaban J connectivity index is 1.08. The number of anilines is 1. The SMILES string of the molecule is O=C(CCCc1ccc(N2CCOCC2)cc1)CCc1scc2c1CN(C1CCC(=O)NC1=O)C2=O. The average Bonchev–Trinajstić information content (AvgIpc) is 3.43. The summed E-state index contributed by atoms with van der Waals surface area (Å²) < 4.78 is 5.41. The molecule has 1 atom stereocenters. The number of rotatable bonds is 9. The highest BCUT2D eigenvalue weighted by atomic mass is 32.1. The van der Waals surface area contributed by atoms with Crippen molar-refractivity contribution in [2.75, 3.05) is 31.2 Å². The zero-order chi connectivity index (χ0) is 25.1. The third kappa shape index (κ3) is 5.37. The van der Waals surface area contributed by atoms with Gasteiger partial charge in [0.15, 0.2) is 0 Å². The van der Waals surface area contributed by atoms with E-state index in [1.165, 1.54) is 22.6 Å². The molecule has 0 saturated carbocycles. The summed E-state index contributed by atoms with van der Waals surface area (Å²) in [6.07, 6.45) is 3.90. The molecule has 1 N–H and O–H groups in total. The first kappa shape index (κ1) is 24.6. The van der Waals surface area contributed by atoms with Gasteiger partial charge in [-0.15, -0.1) is 11.3 Å². The van der Waals surface area contributed by atoms with Crippen LogP contribution >= 0.6 is 11.3 Å². The molecule has 3 aliphatic rings. The maximum atomic E-state index is 12.9. The minimum atomic E-state index is -0.606. The van der Waals surface area contributed by atoms with E-state index in [0.29, 0.717) is 37.8 Å². The molecule has 3 amide bonds. The molecule has 190 valence electrons. The maximum Gasteiger partial charge on any atom is 0.256 e. The van der Waals surface area contributed by atoms with Crippen LogP contribution in [0.25, 0.3) is 0 Å². The molecule has 4 heterocycles. The van der Waals surface area contributed by atoms with Gasteiger partial charge in [-0.05, 0) is 48.9 Å². The molecular weight excluding hydrogens is 478 g/mol. The van der Waals surface area contributed by atoms with Crippen molar-refractivity contribution in [3.05, 3.63) is 51.2 Å². The van der Waals surface area contributed by atoms with Gasteiger partial charge in [0.25, 0.3) is 5.91 Å². The summed E-state index contributed by atoms with van der Waals surface area (Å²) >= 11 is 1.52. The molecule has 2 fully saturated rings. The Labute approximate surface area is 214 Å². The first-order valence-electron chi connectivity index (χ1n) is 12.7. The molecule has 2 saturated heterocycles. The van der Waals surface area contributed by atoms with Crippen LogP contribution in [0.3, 0.4) is 0 Å². The van der Waals surface area contributed by atoms with Crippen LogP contribution in [0.2, 0.25) is 0 Å². The number of thiophene rings is 1. The minimum absolute atomic E-state index is 0.159. The lowest BCUT2D eigenvalue weighted by atomic mass is 10.0. The second-order valence-corrected chi connectivity index (χ2v) is 10.6. The fourth-order valence-corrected chi connectivity index (χ4v) is 6.22. The Bertz CT molecular complexity index is 1150. The summed E-state index contributed by atoms with van der Waals surface area (Å²) in [5.74, 6) is -0.622. The molecule has 1 aromatic carbocycles. The largest absolute Gasteiger partial charge is 0.378 e. The highest BCUT2D eigenvalue weighted by Crippen LogP contribution is 2.34. The number of piperidine rings is 1. The van der Waals surface area contributed by atoms with Crippen LogP contribution in [0.15, 0.2) is 29.6 Å². The number of carbonyl (C=O) groups is 4. The third-order valence-corrected chi connectivity index (χ3v) is 8.34. The number of fused-ring (bicyclic) bond motifs is 1. The lowest BCUT2D eigenvalue weighted by Crippen LogP contribution is -2.52. The number of benzene rings is 1. The Morgan fingerprint density at radius 3 is 2.58 bits per heavy atom. The molecule has 0 spiro atoms. The molecule has 2 aromatic rings. The van der Waals surface area contributed by atoms with E-state index in [0.717, 1.165) is 49.6 Å². The summed E-state index contributed by atoms with van der Waals surface area (Å²) in [6.45, 7) is 3.75. The molecular formula is C27H31N3O5S. The van der Waals surface area contributed by atoms with Gasteiger partial charge in [0.1, 0.15) is 11.8 Å². The Hall–Kier alpha value is -3.04. The topological polar surface area (TPSA) is 96.0 Å². The first-order chi connectivity index (χ1) is 17.5. The number of nitrogens with zero attached hydrogens (tertiary/aromatic N) is 2. The van der Waals surface area contributed by atoms with E-state index in [4.69, 9.17) is 4.74 Å². The van der Waals surface area contributed by atoms with Gasteiger partial charge in [-0.25, -0.2) is 0 Å². The van der Waals surface area contributed by atoms with Crippen molar-refractivity contribution in [3.8, 4) is 0 Å². The number of morpholine rings is 1. The van der Waals surface area contributed by atoms with E-state index < -0.39 is 11.9 Å². The van der Waals surface area contributed by atoms with Gasteiger partial charge in [0.2, 0.25) is 11.8 Å². The number of hydrogen-bond donors (Lipinski definition) is 1. The zero-order valence-electron chi connectivity index (χ0n) is 20.3. The zero-order valence-corrected chi connectivity index (χ0v) is 21.1.